The minimum atomic E-state index is -1.19. The highest BCUT2D eigenvalue weighted by Gasteiger charge is 2.44. The standard InChI is InChI=1S/C18H21N5O4/c24-8-12-14(25)15(26)18(27-12)23-10-22-13-16(20-9-21-17(13)23)19-7-6-11-4-2-1-3-5-11/h1-5,9-10,12,14-15,18,24-26H,6-8H2,(H,19,20,21)/t12-,14-,15-,18+/m0/s1. The first-order chi connectivity index (χ1) is 13.2. The van der Waals surface area contributed by atoms with E-state index in [1.165, 1.54) is 18.2 Å². The SMILES string of the molecule is OC[C@@H]1O[C@@H](n2cnc3c(NCCc4ccccc4)ncnc32)[C@@H](O)[C@H]1O. The molecule has 4 N–H and O–H groups in total. The van der Waals surface area contributed by atoms with E-state index in [0.717, 1.165) is 6.42 Å². The Balaban J connectivity index is 1.53. The first kappa shape index (κ1) is 17.8. The molecule has 27 heavy (non-hydrogen) atoms. The van der Waals surface area contributed by atoms with Crippen molar-refractivity contribution in [1.29, 1.82) is 0 Å². The van der Waals surface area contributed by atoms with E-state index in [1.807, 2.05) is 18.2 Å². The van der Waals surface area contributed by atoms with Crippen molar-refractivity contribution in [1.82, 2.24) is 19.5 Å². The van der Waals surface area contributed by atoms with E-state index in [2.05, 4.69) is 32.4 Å². The number of hydrogen-bond donors (Lipinski definition) is 4. The molecule has 2 aromatic heterocycles. The lowest BCUT2D eigenvalue weighted by molar-refractivity contribution is -0.0511. The van der Waals surface area contributed by atoms with E-state index in [-0.39, 0.29) is 6.61 Å². The Morgan fingerprint density at radius 2 is 1.89 bits per heavy atom. The molecule has 3 heterocycles. The van der Waals surface area contributed by atoms with Crippen LogP contribution < -0.4 is 5.32 Å². The largest absolute Gasteiger partial charge is 0.394 e. The summed E-state index contributed by atoms with van der Waals surface area (Å²) < 4.78 is 7.10. The molecule has 4 rings (SSSR count). The van der Waals surface area contributed by atoms with E-state index in [9.17, 15) is 15.3 Å². The molecule has 0 unspecified atom stereocenters. The number of fused-ring (bicyclic) bond motifs is 1. The van der Waals surface area contributed by atoms with Gasteiger partial charge in [-0.15, -0.1) is 0 Å². The number of imidazole rings is 1. The highest BCUT2D eigenvalue weighted by Crippen LogP contribution is 2.32. The number of aromatic nitrogens is 4. The molecule has 1 aliphatic heterocycles. The molecule has 9 nitrogen and oxygen atoms in total. The van der Waals surface area contributed by atoms with Crippen molar-refractivity contribution < 1.29 is 20.1 Å². The molecule has 0 amide bonds. The second-order valence-electron chi connectivity index (χ2n) is 6.44. The zero-order valence-corrected chi connectivity index (χ0v) is 14.5. The van der Waals surface area contributed by atoms with Crippen LogP contribution in [-0.4, -0.2) is 66.3 Å². The molecule has 142 valence electrons. The zero-order chi connectivity index (χ0) is 18.8. The van der Waals surface area contributed by atoms with E-state index in [0.29, 0.717) is 23.5 Å². The number of hydrogen-bond acceptors (Lipinski definition) is 8. The molecule has 1 fully saturated rings. The van der Waals surface area contributed by atoms with E-state index < -0.39 is 24.5 Å². The third-order valence-corrected chi connectivity index (χ3v) is 4.70. The number of rotatable bonds is 6. The number of aliphatic hydroxyl groups is 3. The summed E-state index contributed by atoms with van der Waals surface area (Å²) in [5.74, 6) is 0.585. The summed E-state index contributed by atoms with van der Waals surface area (Å²) in [4.78, 5) is 12.8. The maximum Gasteiger partial charge on any atom is 0.167 e. The maximum atomic E-state index is 10.2. The van der Waals surface area contributed by atoms with Crippen molar-refractivity contribution in [3.8, 4) is 0 Å². The summed E-state index contributed by atoms with van der Waals surface area (Å²) in [7, 11) is 0. The second kappa shape index (κ2) is 7.57. The van der Waals surface area contributed by atoms with Crippen LogP contribution in [0.1, 0.15) is 11.8 Å². The van der Waals surface area contributed by atoms with Crippen molar-refractivity contribution >= 4 is 17.0 Å². The minimum absolute atomic E-state index is 0.386. The van der Waals surface area contributed by atoms with E-state index in [1.54, 1.807) is 4.57 Å². The minimum Gasteiger partial charge on any atom is -0.394 e. The second-order valence-corrected chi connectivity index (χ2v) is 6.44. The van der Waals surface area contributed by atoms with Gasteiger partial charge in [0, 0.05) is 6.54 Å². The Kier molecular flexibility index (Phi) is 4.99. The third-order valence-electron chi connectivity index (χ3n) is 4.70. The Morgan fingerprint density at radius 1 is 1.07 bits per heavy atom. The normalized spacial score (nSPS) is 25.1. The van der Waals surface area contributed by atoms with E-state index in [4.69, 9.17) is 4.74 Å². The van der Waals surface area contributed by atoms with Crippen LogP contribution in [0, 0.1) is 0 Å². The molecular formula is C18H21N5O4. The molecule has 9 heteroatoms. The van der Waals surface area contributed by atoms with Crippen LogP contribution in [0.4, 0.5) is 5.82 Å². The summed E-state index contributed by atoms with van der Waals surface area (Å²) >= 11 is 0. The lowest BCUT2D eigenvalue weighted by Crippen LogP contribution is -2.33. The summed E-state index contributed by atoms with van der Waals surface area (Å²) in [5.41, 5.74) is 2.23. The van der Waals surface area contributed by atoms with Gasteiger partial charge in [-0.2, -0.15) is 0 Å². The molecule has 3 aromatic rings. The predicted molar refractivity (Wildman–Crippen MR) is 97.0 cm³/mol. The Hall–Kier alpha value is -2.59. The van der Waals surface area contributed by atoms with Crippen molar-refractivity contribution in [3.05, 3.63) is 48.5 Å². The number of ether oxygens (including phenoxy) is 1. The fourth-order valence-electron chi connectivity index (χ4n) is 3.25. The van der Waals surface area contributed by atoms with Crippen LogP contribution in [0.25, 0.3) is 11.2 Å². The number of nitrogens with zero attached hydrogens (tertiary/aromatic N) is 4. The Morgan fingerprint density at radius 3 is 2.63 bits per heavy atom. The molecule has 0 bridgehead atoms. The van der Waals surface area contributed by atoms with Crippen molar-refractivity contribution in [3.63, 3.8) is 0 Å². The molecule has 0 spiro atoms. The number of nitrogens with one attached hydrogen (secondary N) is 1. The molecule has 0 aliphatic carbocycles. The highest BCUT2D eigenvalue weighted by atomic mass is 16.6. The van der Waals surface area contributed by atoms with Gasteiger partial charge < -0.3 is 25.4 Å². The zero-order valence-electron chi connectivity index (χ0n) is 14.5. The molecule has 1 aromatic carbocycles. The number of aliphatic hydroxyl groups excluding tert-OH is 3. The monoisotopic (exact) mass is 371 g/mol. The van der Waals surface area contributed by atoms with Gasteiger partial charge in [0.2, 0.25) is 0 Å². The first-order valence-corrected chi connectivity index (χ1v) is 8.77. The predicted octanol–water partition coefficient (Wildman–Crippen LogP) is 0.0924. The Labute approximate surface area is 155 Å². The maximum absolute atomic E-state index is 10.2. The van der Waals surface area contributed by atoms with Gasteiger partial charge in [0.05, 0.1) is 12.9 Å². The fraction of sp³-hybridized carbons (Fsp3) is 0.389. The lowest BCUT2D eigenvalue weighted by atomic mass is 10.1. The summed E-state index contributed by atoms with van der Waals surface area (Å²) in [5, 5.41) is 32.7. The van der Waals surface area contributed by atoms with Crippen LogP contribution >= 0.6 is 0 Å². The summed E-state index contributed by atoms with van der Waals surface area (Å²) in [6.07, 6.45) is -0.370. The first-order valence-electron chi connectivity index (χ1n) is 8.77. The molecule has 0 saturated carbocycles. The van der Waals surface area contributed by atoms with Gasteiger partial charge in [-0.1, -0.05) is 30.3 Å². The smallest absolute Gasteiger partial charge is 0.167 e. The fourth-order valence-corrected chi connectivity index (χ4v) is 3.25. The molecule has 0 radical (unpaired) electrons. The van der Waals surface area contributed by atoms with E-state index >= 15 is 0 Å². The van der Waals surface area contributed by atoms with Crippen LogP contribution in [-0.2, 0) is 11.2 Å². The Bertz CT molecular complexity index is 903. The topological polar surface area (TPSA) is 126 Å². The molecule has 1 saturated heterocycles. The van der Waals surface area contributed by atoms with Gasteiger partial charge in [0.15, 0.2) is 23.2 Å². The average Bonchev–Trinajstić information content (AvgIpc) is 3.25. The van der Waals surface area contributed by atoms with Gasteiger partial charge in [-0.3, -0.25) is 4.57 Å². The van der Waals surface area contributed by atoms with Crippen LogP contribution in [0.3, 0.4) is 0 Å². The highest BCUT2D eigenvalue weighted by molar-refractivity contribution is 5.82. The van der Waals surface area contributed by atoms with Crippen LogP contribution in [0.15, 0.2) is 43.0 Å². The van der Waals surface area contributed by atoms with Gasteiger partial charge in [0.25, 0.3) is 0 Å². The van der Waals surface area contributed by atoms with Crippen molar-refractivity contribution in [2.45, 2.75) is 31.0 Å². The lowest BCUT2D eigenvalue weighted by Gasteiger charge is -2.16. The van der Waals surface area contributed by atoms with Gasteiger partial charge in [-0.05, 0) is 12.0 Å². The number of benzene rings is 1. The summed E-state index contributed by atoms with van der Waals surface area (Å²) in [6.45, 7) is 0.291. The summed E-state index contributed by atoms with van der Waals surface area (Å²) in [6, 6.07) is 10.1. The average molecular weight is 371 g/mol. The van der Waals surface area contributed by atoms with Gasteiger partial charge >= 0.3 is 0 Å². The van der Waals surface area contributed by atoms with Crippen molar-refractivity contribution in [2.24, 2.45) is 0 Å². The van der Waals surface area contributed by atoms with Crippen LogP contribution in [0.5, 0.6) is 0 Å². The molecule has 1 aliphatic rings. The van der Waals surface area contributed by atoms with Gasteiger partial charge in [0.1, 0.15) is 24.6 Å². The molecule has 4 atom stereocenters. The number of anilines is 1. The molecular weight excluding hydrogens is 350 g/mol. The third kappa shape index (κ3) is 3.37. The van der Waals surface area contributed by atoms with Gasteiger partial charge in [-0.25, -0.2) is 15.0 Å². The van der Waals surface area contributed by atoms with Crippen LogP contribution in [0.2, 0.25) is 0 Å². The quantitative estimate of drug-likeness (QED) is 0.480. The van der Waals surface area contributed by atoms with Crippen molar-refractivity contribution in [2.75, 3.05) is 18.5 Å².